The van der Waals surface area contributed by atoms with Crippen LogP contribution in [0.1, 0.15) is 71.2 Å². The minimum Gasteiger partial charge on any atom is -0.508 e. The van der Waals surface area contributed by atoms with Crippen molar-refractivity contribution in [2.45, 2.75) is 57.5 Å². The molecule has 6 rings (SSSR count). The average molecular weight is 640 g/mol. The Hall–Kier alpha value is -5.72. The SMILES string of the molecule is O=C1CCC(N2C(=O)c3cccc(NCCCCCCC(=O)Nc4ccc(N5Cc6ccc(O)cc6OC5=O)cc4)c3C2=O)C(=O)N1. The maximum absolute atomic E-state index is 13.2. The molecule has 1 fully saturated rings. The number of imide groups is 2. The van der Waals surface area contributed by atoms with E-state index >= 15 is 0 Å². The molecule has 47 heavy (non-hydrogen) atoms. The Morgan fingerprint density at radius 2 is 1.72 bits per heavy atom. The number of amides is 6. The van der Waals surface area contributed by atoms with E-state index in [2.05, 4.69) is 16.0 Å². The lowest BCUT2D eigenvalue weighted by atomic mass is 10.0. The summed E-state index contributed by atoms with van der Waals surface area (Å²) in [4.78, 5) is 77.4. The van der Waals surface area contributed by atoms with Gasteiger partial charge in [-0.1, -0.05) is 18.9 Å². The Bertz CT molecular complexity index is 1770. The van der Waals surface area contributed by atoms with Gasteiger partial charge in [0, 0.05) is 48.1 Å². The second-order valence-corrected chi connectivity index (χ2v) is 11.6. The molecule has 6 amide bonds. The number of ether oxygens (including phenoxy) is 1. The molecule has 0 bridgehead atoms. The Labute approximate surface area is 269 Å². The number of benzene rings is 3. The third kappa shape index (κ3) is 6.64. The zero-order chi connectivity index (χ0) is 33.1. The molecule has 3 aliphatic rings. The van der Waals surface area contributed by atoms with Crippen LogP contribution in [0, 0.1) is 0 Å². The Morgan fingerprint density at radius 3 is 2.51 bits per heavy atom. The van der Waals surface area contributed by atoms with E-state index in [-0.39, 0.29) is 35.6 Å². The van der Waals surface area contributed by atoms with Gasteiger partial charge >= 0.3 is 6.09 Å². The number of carbonyl (C=O) groups excluding carboxylic acids is 6. The molecule has 1 unspecified atom stereocenters. The second-order valence-electron chi connectivity index (χ2n) is 11.6. The third-order valence-electron chi connectivity index (χ3n) is 8.37. The van der Waals surface area contributed by atoms with Crippen LogP contribution in [0.25, 0.3) is 0 Å². The minimum atomic E-state index is -1.01. The van der Waals surface area contributed by atoms with Crippen LogP contribution >= 0.6 is 0 Å². The number of carbonyl (C=O) groups is 6. The number of aromatic hydroxyl groups is 1. The third-order valence-corrected chi connectivity index (χ3v) is 8.37. The predicted molar refractivity (Wildman–Crippen MR) is 170 cm³/mol. The molecule has 0 spiro atoms. The fourth-order valence-electron chi connectivity index (χ4n) is 5.95. The molecule has 4 N–H and O–H groups in total. The normalized spacial score (nSPS) is 17.2. The van der Waals surface area contributed by atoms with Crippen molar-refractivity contribution in [1.82, 2.24) is 10.2 Å². The summed E-state index contributed by atoms with van der Waals surface area (Å²) in [7, 11) is 0. The van der Waals surface area contributed by atoms with Gasteiger partial charge in [0.05, 0.1) is 17.7 Å². The van der Waals surface area contributed by atoms with Crippen molar-refractivity contribution in [3.05, 3.63) is 77.4 Å². The number of unbranched alkanes of at least 4 members (excludes halogenated alkanes) is 3. The molecule has 0 radical (unpaired) electrons. The molecule has 242 valence electrons. The summed E-state index contributed by atoms with van der Waals surface area (Å²) in [5, 5.41) is 17.9. The number of piperidine rings is 1. The van der Waals surface area contributed by atoms with E-state index in [1.54, 1.807) is 48.5 Å². The number of anilines is 3. The predicted octanol–water partition coefficient (Wildman–Crippen LogP) is 4.31. The molecule has 13 heteroatoms. The molecule has 0 aliphatic carbocycles. The maximum Gasteiger partial charge on any atom is 0.420 e. The van der Waals surface area contributed by atoms with Gasteiger partial charge in [0.2, 0.25) is 17.7 Å². The van der Waals surface area contributed by atoms with Crippen molar-refractivity contribution in [3.63, 3.8) is 0 Å². The zero-order valence-corrected chi connectivity index (χ0v) is 25.4. The first-order valence-electron chi connectivity index (χ1n) is 15.5. The summed E-state index contributed by atoms with van der Waals surface area (Å²) in [6.07, 6.45) is 3.07. The standard InChI is InChI=1S/C34H33N5O8/c40-23-14-9-20-19-38(34(46)47-27(20)18-23)22-12-10-21(11-13-22)36-28(41)8-3-1-2-4-17-35-25-7-5-6-24-30(25)33(45)39(32(24)44)26-15-16-29(42)37-31(26)43/h5-7,9-14,18,26,35,40H,1-4,8,15-17,19H2,(H,36,41)(H,37,42,43). The van der Waals surface area contributed by atoms with Gasteiger partial charge in [0.1, 0.15) is 17.5 Å². The lowest BCUT2D eigenvalue weighted by Crippen LogP contribution is -2.54. The van der Waals surface area contributed by atoms with Crippen LogP contribution in [-0.4, -0.2) is 58.2 Å². The van der Waals surface area contributed by atoms with Gasteiger partial charge in [-0.25, -0.2) is 4.79 Å². The quantitative estimate of drug-likeness (QED) is 0.176. The number of phenols is 1. The van der Waals surface area contributed by atoms with Crippen LogP contribution in [0.15, 0.2) is 60.7 Å². The fraction of sp³-hybridized carbons (Fsp3) is 0.294. The monoisotopic (exact) mass is 639 g/mol. The minimum absolute atomic E-state index is 0.0223. The van der Waals surface area contributed by atoms with E-state index in [1.807, 2.05) is 0 Å². The summed E-state index contributed by atoms with van der Waals surface area (Å²) in [6.45, 7) is 0.845. The van der Waals surface area contributed by atoms with Crippen LogP contribution in [-0.2, 0) is 20.9 Å². The summed E-state index contributed by atoms with van der Waals surface area (Å²) in [5.41, 5.74) is 2.97. The first-order chi connectivity index (χ1) is 22.7. The second kappa shape index (κ2) is 13.3. The van der Waals surface area contributed by atoms with Crippen molar-refractivity contribution in [3.8, 4) is 11.5 Å². The molecule has 0 saturated carbocycles. The molecular formula is C34H33N5O8. The van der Waals surface area contributed by atoms with Gasteiger partial charge in [0.25, 0.3) is 11.8 Å². The van der Waals surface area contributed by atoms with E-state index in [1.165, 1.54) is 17.0 Å². The van der Waals surface area contributed by atoms with Crippen molar-refractivity contribution < 1.29 is 38.6 Å². The fourth-order valence-corrected chi connectivity index (χ4v) is 5.95. The van der Waals surface area contributed by atoms with Gasteiger partial charge in [-0.15, -0.1) is 0 Å². The molecular weight excluding hydrogens is 606 g/mol. The molecule has 13 nitrogen and oxygen atoms in total. The first-order valence-corrected chi connectivity index (χ1v) is 15.5. The number of phenolic OH excluding ortho intramolecular Hbond substituents is 1. The number of hydrogen-bond donors (Lipinski definition) is 4. The molecule has 3 aromatic rings. The lowest BCUT2D eigenvalue weighted by molar-refractivity contribution is -0.136. The maximum atomic E-state index is 13.2. The summed E-state index contributed by atoms with van der Waals surface area (Å²) >= 11 is 0. The average Bonchev–Trinajstić information content (AvgIpc) is 3.30. The smallest absolute Gasteiger partial charge is 0.420 e. The number of fused-ring (bicyclic) bond motifs is 2. The number of hydrogen-bond acceptors (Lipinski definition) is 9. The highest BCUT2D eigenvalue weighted by Gasteiger charge is 2.45. The first kappa shape index (κ1) is 31.3. The van der Waals surface area contributed by atoms with Crippen LogP contribution in [0.3, 0.4) is 0 Å². The van der Waals surface area contributed by atoms with Gasteiger partial charge in [-0.2, -0.15) is 0 Å². The van der Waals surface area contributed by atoms with Crippen LogP contribution in [0.4, 0.5) is 21.9 Å². The van der Waals surface area contributed by atoms with Crippen molar-refractivity contribution >= 4 is 52.7 Å². The molecule has 1 atom stereocenters. The number of rotatable bonds is 11. The van der Waals surface area contributed by atoms with Crippen molar-refractivity contribution in [2.24, 2.45) is 0 Å². The Morgan fingerprint density at radius 1 is 0.936 bits per heavy atom. The van der Waals surface area contributed by atoms with Gasteiger partial charge in [0.15, 0.2) is 0 Å². The van der Waals surface area contributed by atoms with Crippen LogP contribution in [0.5, 0.6) is 11.5 Å². The Balaban J connectivity index is 0.916. The van der Waals surface area contributed by atoms with Crippen LogP contribution < -0.4 is 25.6 Å². The number of nitrogens with zero attached hydrogens (tertiary/aromatic N) is 2. The molecule has 3 aliphatic heterocycles. The zero-order valence-electron chi connectivity index (χ0n) is 25.4. The van der Waals surface area contributed by atoms with Crippen LogP contribution in [0.2, 0.25) is 0 Å². The van der Waals surface area contributed by atoms with Gasteiger partial charge in [-0.05, 0) is 67.8 Å². The van der Waals surface area contributed by atoms with Crippen molar-refractivity contribution in [1.29, 1.82) is 0 Å². The van der Waals surface area contributed by atoms with Gasteiger partial charge in [-0.3, -0.25) is 39.1 Å². The molecule has 1 saturated heterocycles. The molecule has 0 aromatic heterocycles. The van der Waals surface area contributed by atoms with E-state index in [9.17, 15) is 33.9 Å². The highest BCUT2D eigenvalue weighted by Crippen LogP contribution is 2.34. The number of nitrogens with one attached hydrogen (secondary N) is 3. The van der Waals surface area contributed by atoms with Gasteiger partial charge < -0.3 is 20.5 Å². The van der Waals surface area contributed by atoms with E-state index in [0.29, 0.717) is 48.7 Å². The topological polar surface area (TPSA) is 174 Å². The van der Waals surface area contributed by atoms with E-state index in [0.717, 1.165) is 29.7 Å². The highest BCUT2D eigenvalue weighted by atomic mass is 16.6. The molecule has 3 heterocycles. The largest absolute Gasteiger partial charge is 0.508 e. The summed E-state index contributed by atoms with van der Waals surface area (Å²) < 4.78 is 5.34. The summed E-state index contributed by atoms with van der Waals surface area (Å²) in [5.74, 6) is -1.92. The Kier molecular flexibility index (Phi) is 8.87. The van der Waals surface area contributed by atoms with Crippen molar-refractivity contribution in [2.75, 3.05) is 22.1 Å². The highest BCUT2D eigenvalue weighted by molar-refractivity contribution is 6.25. The summed E-state index contributed by atoms with van der Waals surface area (Å²) in [6, 6.07) is 15.5. The molecule has 3 aromatic carbocycles. The van der Waals surface area contributed by atoms with E-state index in [4.69, 9.17) is 4.74 Å². The lowest BCUT2D eigenvalue weighted by Gasteiger charge is -2.28. The van der Waals surface area contributed by atoms with E-state index < -0.39 is 35.8 Å².